The second-order valence-corrected chi connectivity index (χ2v) is 5.97. The van der Waals surface area contributed by atoms with E-state index in [1.54, 1.807) is 6.20 Å². The molecular formula is C14H22N4O. The lowest BCUT2D eigenvalue weighted by Gasteiger charge is -2.37. The SMILES string of the molecule is CC1CCN(C(=O)c2cnc(C3CC3)[nH]2)C(CN)C1. The number of carbonyl (C=O) groups excluding carboxylic acids is 1. The summed E-state index contributed by atoms with van der Waals surface area (Å²) in [5.74, 6) is 2.23. The minimum Gasteiger partial charge on any atom is -0.338 e. The molecule has 1 saturated heterocycles. The molecule has 5 heteroatoms. The van der Waals surface area contributed by atoms with Gasteiger partial charge in [0, 0.05) is 25.0 Å². The molecule has 0 spiro atoms. The molecule has 2 unspecified atom stereocenters. The van der Waals surface area contributed by atoms with Gasteiger partial charge in [-0.2, -0.15) is 0 Å². The lowest BCUT2D eigenvalue weighted by atomic mass is 9.92. The Hall–Kier alpha value is -1.36. The smallest absolute Gasteiger partial charge is 0.272 e. The van der Waals surface area contributed by atoms with Crippen molar-refractivity contribution in [2.75, 3.05) is 13.1 Å². The van der Waals surface area contributed by atoms with Gasteiger partial charge in [-0.1, -0.05) is 6.92 Å². The molecule has 1 aromatic heterocycles. The number of carbonyl (C=O) groups is 1. The van der Waals surface area contributed by atoms with Gasteiger partial charge in [0.05, 0.1) is 6.20 Å². The van der Waals surface area contributed by atoms with Crippen LogP contribution in [-0.4, -0.2) is 39.9 Å². The normalized spacial score (nSPS) is 27.6. The fourth-order valence-corrected chi connectivity index (χ4v) is 2.91. The molecule has 1 amide bonds. The number of H-pyrrole nitrogens is 1. The zero-order valence-corrected chi connectivity index (χ0v) is 11.4. The highest BCUT2D eigenvalue weighted by atomic mass is 16.2. The molecule has 2 fully saturated rings. The first kappa shape index (κ1) is 12.7. The number of hydrogen-bond acceptors (Lipinski definition) is 3. The van der Waals surface area contributed by atoms with Crippen molar-refractivity contribution in [2.45, 2.75) is 44.6 Å². The predicted octanol–water partition coefficient (Wildman–Crippen LogP) is 1.49. The number of piperidine rings is 1. The Kier molecular flexibility index (Phi) is 3.31. The minimum absolute atomic E-state index is 0.0572. The number of nitrogens with two attached hydrogens (primary N) is 1. The van der Waals surface area contributed by atoms with E-state index < -0.39 is 0 Å². The fourth-order valence-electron chi connectivity index (χ4n) is 2.91. The van der Waals surface area contributed by atoms with Gasteiger partial charge in [0.15, 0.2) is 0 Å². The third-order valence-electron chi connectivity index (χ3n) is 4.30. The van der Waals surface area contributed by atoms with Gasteiger partial charge >= 0.3 is 0 Å². The van der Waals surface area contributed by atoms with Crippen LogP contribution in [0.3, 0.4) is 0 Å². The predicted molar refractivity (Wildman–Crippen MR) is 72.8 cm³/mol. The van der Waals surface area contributed by atoms with Crippen LogP contribution < -0.4 is 5.73 Å². The molecule has 1 aromatic rings. The van der Waals surface area contributed by atoms with Gasteiger partial charge in [0.2, 0.25) is 0 Å². The van der Waals surface area contributed by atoms with Crippen molar-refractivity contribution in [1.29, 1.82) is 0 Å². The standard InChI is InChI=1S/C14H22N4O/c1-9-4-5-18(11(6-9)7-15)14(19)12-8-16-13(17-12)10-2-3-10/h8-11H,2-7,15H2,1H3,(H,16,17). The number of aromatic nitrogens is 2. The Bertz CT molecular complexity index is 466. The van der Waals surface area contributed by atoms with Crippen molar-refractivity contribution in [3.8, 4) is 0 Å². The summed E-state index contributed by atoms with van der Waals surface area (Å²) in [5, 5.41) is 0. The first-order chi connectivity index (χ1) is 9.19. The highest BCUT2D eigenvalue weighted by molar-refractivity contribution is 5.92. The highest BCUT2D eigenvalue weighted by Crippen LogP contribution is 2.38. The molecule has 104 valence electrons. The van der Waals surface area contributed by atoms with Crippen molar-refractivity contribution in [3.63, 3.8) is 0 Å². The van der Waals surface area contributed by atoms with E-state index in [0.29, 0.717) is 24.1 Å². The number of likely N-dealkylation sites (tertiary alicyclic amines) is 1. The van der Waals surface area contributed by atoms with Crippen LogP contribution in [0.2, 0.25) is 0 Å². The van der Waals surface area contributed by atoms with Crippen LogP contribution in [0.1, 0.15) is 54.8 Å². The van der Waals surface area contributed by atoms with E-state index in [0.717, 1.165) is 25.2 Å². The second kappa shape index (κ2) is 4.96. The Morgan fingerprint density at radius 3 is 3.00 bits per heavy atom. The minimum atomic E-state index is 0.0572. The quantitative estimate of drug-likeness (QED) is 0.866. The summed E-state index contributed by atoms with van der Waals surface area (Å²) in [5.41, 5.74) is 6.44. The highest BCUT2D eigenvalue weighted by Gasteiger charge is 2.32. The summed E-state index contributed by atoms with van der Waals surface area (Å²) in [4.78, 5) is 22.0. The van der Waals surface area contributed by atoms with E-state index in [1.165, 1.54) is 12.8 Å². The van der Waals surface area contributed by atoms with Gasteiger partial charge in [-0.3, -0.25) is 4.79 Å². The molecule has 3 rings (SSSR count). The summed E-state index contributed by atoms with van der Waals surface area (Å²) in [7, 11) is 0. The number of nitrogens with one attached hydrogen (secondary N) is 1. The van der Waals surface area contributed by atoms with Crippen molar-refractivity contribution in [2.24, 2.45) is 11.7 Å². The van der Waals surface area contributed by atoms with Crippen molar-refractivity contribution in [1.82, 2.24) is 14.9 Å². The number of amides is 1. The summed E-state index contributed by atoms with van der Waals surface area (Å²) in [6, 6.07) is 0.170. The zero-order valence-electron chi connectivity index (χ0n) is 11.4. The van der Waals surface area contributed by atoms with Gasteiger partial charge in [-0.15, -0.1) is 0 Å². The summed E-state index contributed by atoms with van der Waals surface area (Å²) in [6.45, 7) is 3.57. The Morgan fingerprint density at radius 1 is 1.53 bits per heavy atom. The summed E-state index contributed by atoms with van der Waals surface area (Å²) in [6.07, 6.45) is 6.13. The van der Waals surface area contributed by atoms with E-state index >= 15 is 0 Å². The maximum absolute atomic E-state index is 12.5. The van der Waals surface area contributed by atoms with E-state index in [4.69, 9.17) is 5.73 Å². The average Bonchev–Trinajstić information content (AvgIpc) is 3.15. The average molecular weight is 262 g/mol. The van der Waals surface area contributed by atoms with Gasteiger partial charge in [0.25, 0.3) is 5.91 Å². The van der Waals surface area contributed by atoms with Gasteiger partial charge < -0.3 is 15.6 Å². The van der Waals surface area contributed by atoms with Gasteiger partial charge in [0.1, 0.15) is 11.5 Å². The first-order valence-corrected chi connectivity index (χ1v) is 7.25. The first-order valence-electron chi connectivity index (χ1n) is 7.25. The molecule has 2 heterocycles. The molecule has 1 saturated carbocycles. The molecule has 1 aliphatic heterocycles. The lowest BCUT2D eigenvalue weighted by molar-refractivity contribution is 0.0568. The molecule has 5 nitrogen and oxygen atoms in total. The largest absolute Gasteiger partial charge is 0.338 e. The third-order valence-corrected chi connectivity index (χ3v) is 4.30. The molecular weight excluding hydrogens is 240 g/mol. The van der Waals surface area contributed by atoms with Crippen LogP contribution >= 0.6 is 0 Å². The van der Waals surface area contributed by atoms with E-state index in [1.807, 2.05) is 4.90 Å². The number of hydrogen-bond donors (Lipinski definition) is 2. The number of rotatable bonds is 3. The monoisotopic (exact) mass is 262 g/mol. The van der Waals surface area contributed by atoms with Crippen LogP contribution in [0, 0.1) is 5.92 Å². The lowest BCUT2D eigenvalue weighted by Crippen LogP contribution is -2.49. The molecule has 0 bridgehead atoms. The van der Waals surface area contributed by atoms with Gasteiger partial charge in [-0.25, -0.2) is 4.98 Å². The molecule has 19 heavy (non-hydrogen) atoms. The van der Waals surface area contributed by atoms with Gasteiger partial charge in [-0.05, 0) is 31.6 Å². The van der Waals surface area contributed by atoms with Crippen LogP contribution in [-0.2, 0) is 0 Å². The van der Waals surface area contributed by atoms with E-state index in [2.05, 4.69) is 16.9 Å². The maximum Gasteiger partial charge on any atom is 0.272 e. The van der Waals surface area contributed by atoms with Crippen molar-refractivity contribution >= 4 is 5.91 Å². The third kappa shape index (κ3) is 2.52. The van der Waals surface area contributed by atoms with E-state index in [-0.39, 0.29) is 11.9 Å². The molecule has 0 radical (unpaired) electrons. The fraction of sp³-hybridized carbons (Fsp3) is 0.714. The van der Waals surface area contributed by atoms with Crippen LogP contribution in [0.15, 0.2) is 6.20 Å². The zero-order chi connectivity index (χ0) is 13.4. The number of nitrogens with zero attached hydrogens (tertiary/aromatic N) is 2. The van der Waals surface area contributed by atoms with Crippen LogP contribution in [0.4, 0.5) is 0 Å². The van der Waals surface area contributed by atoms with Crippen molar-refractivity contribution in [3.05, 3.63) is 17.7 Å². The molecule has 2 aliphatic rings. The molecule has 0 aromatic carbocycles. The Labute approximate surface area is 113 Å². The maximum atomic E-state index is 12.5. The Morgan fingerprint density at radius 2 is 2.32 bits per heavy atom. The number of aromatic amines is 1. The molecule has 1 aliphatic carbocycles. The van der Waals surface area contributed by atoms with Crippen LogP contribution in [0.25, 0.3) is 0 Å². The Balaban J connectivity index is 1.73. The topological polar surface area (TPSA) is 75.0 Å². The summed E-state index contributed by atoms with van der Waals surface area (Å²) >= 11 is 0. The number of imidazole rings is 1. The summed E-state index contributed by atoms with van der Waals surface area (Å²) < 4.78 is 0. The van der Waals surface area contributed by atoms with E-state index in [9.17, 15) is 4.79 Å². The van der Waals surface area contributed by atoms with Crippen molar-refractivity contribution < 1.29 is 4.79 Å². The second-order valence-electron chi connectivity index (χ2n) is 5.97. The molecule has 3 N–H and O–H groups in total. The van der Waals surface area contributed by atoms with Crippen LogP contribution in [0.5, 0.6) is 0 Å². The molecule has 2 atom stereocenters.